The van der Waals surface area contributed by atoms with Crippen molar-refractivity contribution in [2.24, 2.45) is 0 Å². The van der Waals surface area contributed by atoms with Crippen LogP contribution in [-0.4, -0.2) is 33.1 Å². The molecule has 2 aromatic rings. The standard InChI is InChI=1S/C17H20N2O4S/c1-11(2)19(14(16(20)21)15-12(3)18-10-24-15)17(22)23-9-13-7-5-4-6-8-13/h4-8,10-11,14H,9H2,1-3H3,(H,20,21). The van der Waals surface area contributed by atoms with E-state index in [1.54, 1.807) is 26.3 Å². The summed E-state index contributed by atoms with van der Waals surface area (Å²) >= 11 is 1.22. The van der Waals surface area contributed by atoms with Crippen LogP contribution in [0.1, 0.15) is 36.0 Å². The number of hydrogen-bond acceptors (Lipinski definition) is 5. The third-order valence-electron chi connectivity index (χ3n) is 3.52. The van der Waals surface area contributed by atoms with Gasteiger partial charge in [0.1, 0.15) is 6.61 Å². The molecule has 0 aliphatic carbocycles. The number of carboxylic acid groups (broad SMARTS) is 1. The number of ether oxygens (including phenoxy) is 1. The highest BCUT2D eigenvalue weighted by molar-refractivity contribution is 7.10. The molecule has 0 saturated heterocycles. The molecule has 1 aromatic heterocycles. The molecule has 1 amide bonds. The van der Waals surface area contributed by atoms with Gasteiger partial charge in [-0.3, -0.25) is 4.90 Å². The number of amides is 1. The molecule has 0 aliphatic heterocycles. The van der Waals surface area contributed by atoms with Gasteiger partial charge in [0.15, 0.2) is 6.04 Å². The van der Waals surface area contributed by atoms with Crippen LogP contribution in [0, 0.1) is 6.92 Å². The van der Waals surface area contributed by atoms with Crippen molar-refractivity contribution in [1.82, 2.24) is 9.88 Å². The van der Waals surface area contributed by atoms with Crippen LogP contribution >= 0.6 is 11.3 Å². The van der Waals surface area contributed by atoms with Crippen molar-refractivity contribution in [3.63, 3.8) is 0 Å². The zero-order chi connectivity index (χ0) is 17.7. The van der Waals surface area contributed by atoms with Gasteiger partial charge in [0.2, 0.25) is 0 Å². The molecule has 0 saturated carbocycles. The molecule has 0 spiro atoms. The van der Waals surface area contributed by atoms with Crippen LogP contribution in [0.4, 0.5) is 4.79 Å². The molecular formula is C17H20N2O4S. The molecule has 1 atom stereocenters. The molecule has 128 valence electrons. The Morgan fingerprint density at radius 2 is 1.96 bits per heavy atom. The van der Waals surface area contributed by atoms with Crippen molar-refractivity contribution >= 4 is 23.4 Å². The summed E-state index contributed by atoms with van der Waals surface area (Å²) in [5.41, 5.74) is 3.03. The van der Waals surface area contributed by atoms with Crippen LogP contribution in [0.15, 0.2) is 35.8 Å². The Balaban J connectivity index is 2.21. The molecule has 0 radical (unpaired) electrons. The summed E-state index contributed by atoms with van der Waals surface area (Å²) in [5.74, 6) is -1.10. The molecule has 0 fully saturated rings. The van der Waals surface area contributed by atoms with Gasteiger partial charge in [0, 0.05) is 6.04 Å². The van der Waals surface area contributed by atoms with Gasteiger partial charge in [-0.15, -0.1) is 11.3 Å². The van der Waals surface area contributed by atoms with Crippen LogP contribution in [0.3, 0.4) is 0 Å². The summed E-state index contributed by atoms with van der Waals surface area (Å²) < 4.78 is 5.33. The Labute approximate surface area is 144 Å². The largest absolute Gasteiger partial charge is 0.479 e. The maximum atomic E-state index is 12.5. The third-order valence-corrected chi connectivity index (χ3v) is 4.50. The molecule has 6 nitrogen and oxygen atoms in total. The first kappa shape index (κ1) is 17.9. The fourth-order valence-electron chi connectivity index (χ4n) is 2.34. The number of carboxylic acids is 1. The number of carbonyl (C=O) groups is 2. The van der Waals surface area contributed by atoms with E-state index in [1.165, 1.54) is 16.2 Å². The Kier molecular flexibility index (Phi) is 5.92. The Morgan fingerprint density at radius 1 is 1.29 bits per heavy atom. The van der Waals surface area contributed by atoms with Gasteiger partial charge in [0.05, 0.1) is 16.1 Å². The maximum absolute atomic E-state index is 12.5. The monoisotopic (exact) mass is 348 g/mol. The minimum absolute atomic E-state index is 0.0942. The number of aromatic nitrogens is 1. The predicted octanol–water partition coefficient (Wildman–Crippen LogP) is 3.62. The molecule has 24 heavy (non-hydrogen) atoms. The van der Waals surface area contributed by atoms with Gasteiger partial charge in [-0.2, -0.15) is 0 Å². The van der Waals surface area contributed by atoms with Gasteiger partial charge in [-0.1, -0.05) is 30.3 Å². The van der Waals surface area contributed by atoms with Crippen LogP contribution in [0.5, 0.6) is 0 Å². The number of aliphatic carboxylic acids is 1. The van der Waals surface area contributed by atoms with Crippen molar-refractivity contribution in [3.05, 3.63) is 52.0 Å². The van der Waals surface area contributed by atoms with E-state index in [9.17, 15) is 14.7 Å². The van der Waals surface area contributed by atoms with Crippen molar-refractivity contribution in [2.45, 2.75) is 39.5 Å². The quantitative estimate of drug-likeness (QED) is 0.862. The highest BCUT2D eigenvalue weighted by Gasteiger charge is 2.36. The second kappa shape index (κ2) is 7.92. The van der Waals surface area contributed by atoms with E-state index in [-0.39, 0.29) is 12.6 Å². The van der Waals surface area contributed by atoms with E-state index in [0.29, 0.717) is 10.6 Å². The lowest BCUT2D eigenvalue weighted by atomic mass is 10.1. The molecule has 1 N–H and O–H groups in total. The van der Waals surface area contributed by atoms with Crippen molar-refractivity contribution < 1.29 is 19.4 Å². The van der Waals surface area contributed by atoms with Gasteiger partial charge in [-0.25, -0.2) is 14.6 Å². The number of nitrogens with zero attached hydrogens (tertiary/aromatic N) is 2. The van der Waals surface area contributed by atoms with Gasteiger partial charge in [0.25, 0.3) is 0 Å². The van der Waals surface area contributed by atoms with E-state index in [0.717, 1.165) is 5.56 Å². The number of rotatable bonds is 6. The molecule has 7 heteroatoms. The average Bonchev–Trinajstić information content (AvgIpc) is 2.96. The first-order valence-corrected chi connectivity index (χ1v) is 8.41. The van der Waals surface area contributed by atoms with Gasteiger partial charge in [-0.05, 0) is 26.3 Å². The Bertz CT molecular complexity index is 700. The molecule has 2 rings (SSSR count). The number of carbonyl (C=O) groups excluding carboxylic acids is 1. The zero-order valence-corrected chi connectivity index (χ0v) is 14.6. The first-order chi connectivity index (χ1) is 11.4. The lowest BCUT2D eigenvalue weighted by molar-refractivity contribution is -0.143. The molecule has 1 aromatic carbocycles. The molecule has 1 unspecified atom stereocenters. The SMILES string of the molecule is Cc1ncsc1C(C(=O)O)N(C(=O)OCc1ccccc1)C(C)C. The Morgan fingerprint density at radius 3 is 2.46 bits per heavy atom. The summed E-state index contributed by atoms with van der Waals surface area (Å²) in [6.07, 6.45) is -0.658. The van der Waals surface area contributed by atoms with Crippen LogP contribution < -0.4 is 0 Å². The number of hydrogen-bond donors (Lipinski definition) is 1. The summed E-state index contributed by atoms with van der Waals surface area (Å²) in [6, 6.07) is 7.81. The Hall–Kier alpha value is -2.41. The minimum atomic E-state index is -1.11. The highest BCUT2D eigenvalue weighted by atomic mass is 32.1. The lowest BCUT2D eigenvalue weighted by Gasteiger charge is -2.31. The lowest BCUT2D eigenvalue weighted by Crippen LogP contribution is -2.43. The zero-order valence-electron chi connectivity index (χ0n) is 13.8. The highest BCUT2D eigenvalue weighted by Crippen LogP contribution is 2.30. The summed E-state index contributed by atoms with van der Waals surface area (Å²) in [5, 5.41) is 9.65. The fraction of sp³-hybridized carbons (Fsp3) is 0.353. The summed E-state index contributed by atoms with van der Waals surface area (Å²) in [4.78, 5) is 30.2. The number of thiazole rings is 1. The smallest absolute Gasteiger partial charge is 0.411 e. The van der Waals surface area contributed by atoms with E-state index < -0.39 is 18.1 Å². The number of aryl methyl sites for hydroxylation is 1. The normalized spacial score (nSPS) is 12.0. The van der Waals surface area contributed by atoms with E-state index in [2.05, 4.69) is 4.98 Å². The summed E-state index contributed by atoms with van der Waals surface area (Å²) in [7, 11) is 0. The molecule has 0 aliphatic rings. The van der Waals surface area contributed by atoms with E-state index in [4.69, 9.17) is 4.74 Å². The van der Waals surface area contributed by atoms with E-state index >= 15 is 0 Å². The molecule has 0 bridgehead atoms. The topological polar surface area (TPSA) is 79.7 Å². The van der Waals surface area contributed by atoms with Gasteiger partial charge < -0.3 is 9.84 Å². The van der Waals surface area contributed by atoms with Crippen LogP contribution in [0.25, 0.3) is 0 Å². The molecule has 1 heterocycles. The average molecular weight is 348 g/mol. The van der Waals surface area contributed by atoms with Crippen LogP contribution in [0.2, 0.25) is 0 Å². The van der Waals surface area contributed by atoms with Crippen molar-refractivity contribution in [1.29, 1.82) is 0 Å². The minimum Gasteiger partial charge on any atom is -0.479 e. The first-order valence-electron chi connectivity index (χ1n) is 7.53. The molecular weight excluding hydrogens is 328 g/mol. The van der Waals surface area contributed by atoms with Crippen molar-refractivity contribution in [2.75, 3.05) is 0 Å². The maximum Gasteiger partial charge on any atom is 0.411 e. The predicted molar refractivity (Wildman–Crippen MR) is 90.8 cm³/mol. The second-order valence-corrected chi connectivity index (χ2v) is 6.47. The van der Waals surface area contributed by atoms with E-state index in [1.807, 2.05) is 30.3 Å². The fourth-order valence-corrected chi connectivity index (χ4v) is 3.23. The van der Waals surface area contributed by atoms with Crippen molar-refractivity contribution in [3.8, 4) is 0 Å². The third kappa shape index (κ3) is 4.11. The summed E-state index contributed by atoms with van der Waals surface area (Å²) in [6.45, 7) is 5.35. The number of benzene rings is 1. The van der Waals surface area contributed by atoms with Crippen LogP contribution in [-0.2, 0) is 16.1 Å². The van der Waals surface area contributed by atoms with Gasteiger partial charge >= 0.3 is 12.1 Å². The second-order valence-electron chi connectivity index (χ2n) is 5.58.